The molecule has 0 aromatic heterocycles. The SMILES string of the molecule is CCCNC(CCN(C)C)(C(=O)O)c1ccccc1. The van der Waals surface area contributed by atoms with E-state index in [2.05, 4.69) is 5.32 Å². The van der Waals surface area contributed by atoms with E-state index in [1.807, 2.05) is 56.3 Å². The average Bonchev–Trinajstić information content (AvgIpc) is 2.39. The number of hydrogen-bond acceptors (Lipinski definition) is 3. The second-order valence-corrected chi connectivity index (χ2v) is 5.06. The molecule has 0 radical (unpaired) electrons. The largest absolute Gasteiger partial charge is 0.480 e. The molecule has 0 aliphatic carbocycles. The van der Waals surface area contributed by atoms with E-state index in [-0.39, 0.29) is 0 Å². The van der Waals surface area contributed by atoms with Gasteiger partial charge in [-0.2, -0.15) is 0 Å². The smallest absolute Gasteiger partial charge is 0.328 e. The standard InChI is InChI=1S/C15H24N2O2/c1-4-11-16-15(14(18)19,10-12-17(2)3)13-8-6-5-7-9-13/h5-9,16H,4,10-12H2,1-3H3,(H,18,19). The third-order valence-corrected chi connectivity index (χ3v) is 3.24. The van der Waals surface area contributed by atoms with Crippen LogP contribution in [0.5, 0.6) is 0 Å². The summed E-state index contributed by atoms with van der Waals surface area (Å²) >= 11 is 0. The van der Waals surface area contributed by atoms with Gasteiger partial charge in [0, 0.05) is 6.54 Å². The van der Waals surface area contributed by atoms with Crippen molar-refractivity contribution in [3.8, 4) is 0 Å². The Hall–Kier alpha value is -1.39. The molecule has 4 nitrogen and oxygen atoms in total. The van der Waals surface area contributed by atoms with Crippen molar-refractivity contribution in [2.45, 2.75) is 25.3 Å². The molecule has 1 unspecified atom stereocenters. The number of rotatable bonds is 8. The van der Waals surface area contributed by atoms with Crippen molar-refractivity contribution in [2.75, 3.05) is 27.2 Å². The van der Waals surface area contributed by atoms with Gasteiger partial charge in [0.2, 0.25) is 0 Å². The fourth-order valence-corrected chi connectivity index (χ4v) is 2.09. The van der Waals surface area contributed by atoms with Crippen LogP contribution in [0.3, 0.4) is 0 Å². The molecule has 2 N–H and O–H groups in total. The molecule has 0 saturated carbocycles. The molecule has 0 amide bonds. The third-order valence-electron chi connectivity index (χ3n) is 3.24. The first-order valence-electron chi connectivity index (χ1n) is 6.71. The highest BCUT2D eigenvalue weighted by atomic mass is 16.4. The maximum atomic E-state index is 11.9. The molecule has 0 bridgehead atoms. The van der Waals surface area contributed by atoms with Gasteiger partial charge in [-0.05, 0) is 39.0 Å². The molecule has 0 spiro atoms. The van der Waals surface area contributed by atoms with Gasteiger partial charge in [-0.25, -0.2) is 4.79 Å². The predicted molar refractivity (Wildman–Crippen MR) is 77.2 cm³/mol. The van der Waals surface area contributed by atoms with Gasteiger partial charge in [0.25, 0.3) is 0 Å². The first-order valence-corrected chi connectivity index (χ1v) is 6.71. The van der Waals surface area contributed by atoms with E-state index in [4.69, 9.17) is 0 Å². The van der Waals surface area contributed by atoms with Gasteiger partial charge in [0.1, 0.15) is 5.54 Å². The molecular weight excluding hydrogens is 240 g/mol. The van der Waals surface area contributed by atoms with Crippen molar-refractivity contribution in [3.63, 3.8) is 0 Å². The number of hydrogen-bond donors (Lipinski definition) is 2. The Kier molecular flexibility index (Phi) is 5.99. The van der Waals surface area contributed by atoms with Crippen LogP contribution in [0.15, 0.2) is 30.3 Å². The van der Waals surface area contributed by atoms with Gasteiger partial charge >= 0.3 is 5.97 Å². The molecule has 0 aliphatic rings. The van der Waals surface area contributed by atoms with Gasteiger partial charge in [0.15, 0.2) is 0 Å². The van der Waals surface area contributed by atoms with E-state index in [1.54, 1.807) is 0 Å². The second kappa shape index (κ2) is 7.26. The van der Waals surface area contributed by atoms with Crippen LogP contribution in [-0.2, 0) is 10.3 Å². The minimum Gasteiger partial charge on any atom is -0.480 e. The first kappa shape index (κ1) is 15.7. The molecule has 1 aromatic rings. The molecule has 1 aromatic carbocycles. The van der Waals surface area contributed by atoms with Crippen LogP contribution < -0.4 is 5.32 Å². The first-order chi connectivity index (χ1) is 9.03. The number of nitrogens with zero attached hydrogens (tertiary/aromatic N) is 1. The zero-order valence-corrected chi connectivity index (χ0v) is 12.0. The normalized spacial score (nSPS) is 14.3. The second-order valence-electron chi connectivity index (χ2n) is 5.06. The highest BCUT2D eigenvalue weighted by molar-refractivity contribution is 5.80. The number of aliphatic carboxylic acids is 1. The Morgan fingerprint density at radius 3 is 2.42 bits per heavy atom. The maximum Gasteiger partial charge on any atom is 0.328 e. The van der Waals surface area contributed by atoms with Crippen molar-refractivity contribution in [1.29, 1.82) is 0 Å². The Morgan fingerprint density at radius 1 is 1.32 bits per heavy atom. The van der Waals surface area contributed by atoms with E-state index < -0.39 is 11.5 Å². The maximum absolute atomic E-state index is 11.9. The van der Waals surface area contributed by atoms with Gasteiger partial charge in [-0.3, -0.25) is 5.32 Å². The van der Waals surface area contributed by atoms with Gasteiger partial charge in [0.05, 0.1) is 0 Å². The summed E-state index contributed by atoms with van der Waals surface area (Å²) in [7, 11) is 3.91. The molecule has 0 fully saturated rings. The molecular formula is C15H24N2O2. The molecule has 4 heteroatoms. The molecule has 19 heavy (non-hydrogen) atoms. The molecule has 0 saturated heterocycles. The zero-order valence-electron chi connectivity index (χ0n) is 12.0. The van der Waals surface area contributed by atoms with Crippen LogP contribution in [0.2, 0.25) is 0 Å². The highest BCUT2D eigenvalue weighted by Crippen LogP contribution is 2.26. The van der Waals surface area contributed by atoms with Crippen molar-refractivity contribution >= 4 is 5.97 Å². The van der Waals surface area contributed by atoms with Gasteiger partial charge < -0.3 is 10.0 Å². The van der Waals surface area contributed by atoms with E-state index in [1.165, 1.54) is 0 Å². The molecule has 0 aliphatic heterocycles. The fraction of sp³-hybridized carbons (Fsp3) is 0.533. The average molecular weight is 264 g/mol. The van der Waals surface area contributed by atoms with Crippen LogP contribution >= 0.6 is 0 Å². The van der Waals surface area contributed by atoms with Crippen molar-refractivity contribution in [1.82, 2.24) is 10.2 Å². The monoisotopic (exact) mass is 264 g/mol. The topological polar surface area (TPSA) is 52.6 Å². The summed E-state index contributed by atoms with van der Waals surface area (Å²) < 4.78 is 0. The van der Waals surface area contributed by atoms with Crippen molar-refractivity contribution in [3.05, 3.63) is 35.9 Å². The summed E-state index contributed by atoms with van der Waals surface area (Å²) in [6.45, 7) is 3.45. The van der Waals surface area contributed by atoms with Crippen LogP contribution in [0, 0.1) is 0 Å². The van der Waals surface area contributed by atoms with Gasteiger partial charge in [-0.1, -0.05) is 37.3 Å². The zero-order chi connectivity index (χ0) is 14.3. The van der Waals surface area contributed by atoms with Crippen LogP contribution in [0.25, 0.3) is 0 Å². The van der Waals surface area contributed by atoms with Crippen LogP contribution in [-0.4, -0.2) is 43.2 Å². The third kappa shape index (κ3) is 4.04. The summed E-state index contributed by atoms with van der Waals surface area (Å²) in [6, 6.07) is 9.44. The van der Waals surface area contributed by atoms with Crippen LogP contribution in [0.1, 0.15) is 25.3 Å². The molecule has 1 atom stereocenters. The van der Waals surface area contributed by atoms with Crippen LogP contribution in [0.4, 0.5) is 0 Å². The van der Waals surface area contributed by atoms with E-state index in [9.17, 15) is 9.90 Å². The van der Waals surface area contributed by atoms with Crippen molar-refractivity contribution < 1.29 is 9.90 Å². The summed E-state index contributed by atoms with van der Waals surface area (Å²) in [4.78, 5) is 13.9. The van der Waals surface area contributed by atoms with E-state index >= 15 is 0 Å². The summed E-state index contributed by atoms with van der Waals surface area (Å²) in [5.41, 5.74) is -0.181. The Bertz CT molecular complexity index is 392. The number of nitrogens with one attached hydrogen (secondary N) is 1. The van der Waals surface area contributed by atoms with E-state index in [0.29, 0.717) is 13.0 Å². The minimum atomic E-state index is -0.998. The highest BCUT2D eigenvalue weighted by Gasteiger charge is 2.39. The summed E-state index contributed by atoms with van der Waals surface area (Å²) in [5.74, 6) is -0.811. The molecule has 106 valence electrons. The number of benzene rings is 1. The Morgan fingerprint density at radius 2 is 1.95 bits per heavy atom. The quantitative estimate of drug-likeness (QED) is 0.753. The predicted octanol–water partition coefficient (Wildman–Crippen LogP) is 1.92. The van der Waals surface area contributed by atoms with Crippen molar-refractivity contribution in [2.24, 2.45) is 0 Å². The number of carboxylic acids is 1. The Balaban J connectivity index is 3.07. The lowest BCUT2D eigenvalue weighted by Gasteiger charge is -2.32. The Labute approximate surface area is 115 Å². The molecule has 0 heterocycles. The fourth-order valence-electron chi connectivity index (χ4n) is 2.09. The molecule has 1 rings (SSSR count). The summed E-state index contributed by atoms with van der Waals surface area (Å²) in [5, 5.41) is 13.0. The van der Waals surface area contributed by atoms with E-state index in [0.717, 1.165) is 18.5 Å². The summed E-state index contributed by atoms with van der Waals surface area (Å²) in [6.07, 6.45) is 1.45. The lowest BCUT2D eigenvalue weighted by atomic mass is 9.86. The lowest BCUT2D eigenvalue weighted by molar-refractivity contribution is -0.146. The lowest BCUT2D eigenvalue weighted by Crippen LogP contribution is -2.51. The number of carboxylic acid groups (broad SMARTS) is 1. The van der Waals surface area contributed by atoms with Gasteiger partial charge in [-0.15, -0.1) is 0 Å². The minimum absolute atomic E-state index is 0.541. The number of carbonyl (C=O) groups is 1.